The van der Waals surface area contributed by atoms with Crippen molar-refractivity contribution in [1.82, 2.24) is 14.8 Å². The summed E-state index contributed by atoms with van der Waals surface area (Å²) in [5.74, 6) is -0.618. The SMILES string of the molecule is NC(=O)c1cc(N2CCC[C@@H](n3ccc(C(F)(F)F)n3)C2)ccn1. The van der Waals surface area contributed by atoms with Crippen LogP contribution in [0.25, 0.3) is 0 Å². The van der Waals surface area contributed by atoms with E-state index in [-0.39, 0.29) is 11.7 Å². The molecule has 3 heterocycles. The van der Waals surface area contributed by atoms with Crippen molar-refractivity contribution < 1.29 is 18.0 Å². The number of rotatable bonds is 3. The van der Waals surface area contributed by atoms with E-state index in [2.05, 4.69) is 10.1 Å². The number of primary amides is 1. The van der Waals surface area contributed by atoms with Gasteiger partial charge in [0.15, 0.2) is 5.69 Å². The van der Waals surface area contributed by atoms with E-state index in [1.54, 1.807) is 12.1 Å². The molecule has 1 amide bonds. The van der Waals surface area contributed by atoms with Gasteiger partial charge in [0.25, 0.3) is 5.91 Å². The maximum absolute atomic E-state index is 12.7. The molecule has 24 heavy (non-hydrogen) atoms. The van der Waals surface area contributed by atoms with E-state index >= 15 is 0 Å². The Morgan fingerprint density at radius 2 is 2.12 bits per heavy atom. The number of alkyl halides is 3. The minimum atomic E-state index is -4.44. The number of nitrogens with two attached hydrogens (primary N) is 1. The third kappa shape index (κ3) is 3.34. The zero-order valence-electron chi connectivity index (χ0n) is 12.7. The highest BCUT2D eigenvalue weighted by molar-refractivity contribution is 5.91. The number of pyridine rings is 1. The minimum Gasteiger partial charge on any atom is -0.369 e. The van der Waals surface area contributed by atoms with E-state index in [4.69, 9.17) is 5.73 Å². The molecule has 0 radical (unpaired) electrons. The van der Waals surface area contributed by atoms with Gasteiger partial charge in [-0.1, -0.05) is 0 Å². The van der Waals surface area contributed by atoms with Gasteiger partial charge in [0, 0.05) is 31.2 Å². The first kappa shape index (κ1) is 16.3. The Balaban J connectivity index is 1.78. The summed E-state index contributed by atoms with van der Waals surface area (Å²) in [6, 6.07) is 4.16. The van der Waals surface area contributed by atoms with Gasteiger partial charge in [-0.3, -0.25) is 14.5 Å². The molecule has 0 aromatic carbocycles. The summed E-state index contributed by atoms with van der Waals surface area (Å²) in [4.78, 5) is 17.1. The van der Waals surface area contributed by atoms with Crippen molar-refractivity contribution in [3.63, 3.8) is 0 Å². The Kier molecular flexibility index (Phi) is 4.16. The van der Waals surface area contributed by atoms with Crippen LogP contribution in [0.5, 0.6) is 0 Å². The number of halogens is 3. The Labute approximate surface area is 136 Å². The number of anilines is 1. The van der Waals surface area contributed by atoms with Crippen LogP contribution in [0.15, 0.2) is 30.6 Å². The number of nitrogens with zero attached hydrogens (tertiary/aromatic N) is 4. The molecule has 128 valence electrons. The number of carbonyl (C=O) groups is 1. The monoisotopic (exact) mass is 339 g/mol. The van der Waals surface area contributed by atoms with Crippen molar-refractivity contribution in [2.45, 2.75) is 25.1 Å². The molecule has 1 atom stereocenters. The van der Waals surface area contributed by atoms with Gasteiger partial charge in [0.2, 0.25) is 0 Å². The molecule has 1 saturated heterocycles. The van der Waals surface area contributed by atoms with Crippen molar-refractivity contribution in [3.05, 3.63) is 42.0 Å². The average molecular weight is 339 g/mol. The second-order valence-electron chi connectivity index (χ2n) is 5.68. The van der Waals surface area contributed by atoms with Crippen molar-refractivity contribution in [1.29, 1.82) is 0 Å². The second-order valence-corrected chi connectivity index (χ2v) is 5.68. The molecular formula is C15H16F3N5O. The van der Waals surface area contributed by atoms with Gasteiger partial charge in [-0.2, -0.15) is 18.3 Å². The van der Waals surface area contributed by atoms with Crippen molar-refractivity contribution in [2.24, 2.45) is 5.73 Å². The van der Waals surface area contributed by atoms with E-state index in [9.17, 15) is 18.0 Å². The predicted octanol–water partition coefficient (Wildman–Crippen LogP) is 2.24. The number of hydrogen-bond donors (Lipinski definition) is 1. The first-order chi connectivity index (χ1) is 11.3. The molecular weight excluding hydrogens is 323 g/mol. The molecule has 0 spiro atoms. The van der Waals surface area contributed by atoms with Crippen LogP contribution in [-0.2, 0) is 6.18 Å². The number of aromatic nitrogens is 3. The lowest BCUT2D eigenvalue weighted by atomic mass is 10.1. The average Bonchev–Trinajstić information content (AvgIpc) is 3.05. The van der Waals surface area contributed by atoms with Gasteiger partial charge in [0.05, 0.1) is 6.04 Å². The van der Waals surface area contributed by atoms with Crippen molar-refractivity contribution in [3.8, 4) is 0 Å². The summed E-state index contributed by atoms with van der Waals surface area (Å²) in [6.45, 7) is 1.24. The fraction of sp³-hybridized carbons (Fsp3) is 0.400. The zero-order valence-corrected chi connectivity index (χ0v) is 12.7. The highest BCUT2D eigenvalue weighted by Crippen LogP contribution is 2.30. The van der Waals surface area contributed by atoms with Crippen LogP contribution < -0.4 is 10.6 Å². The highest BCUT2D eigenvalue weighted by atomic mass is 19.4. The summed E-state index contributed by atoms with van der Waals surface area (Å²) >= 11 is 0. The maximum atomic E-state index is 12.7. The zero-order chi connectivity index (χ0) is 17.3. The van der Waals surface area contributed by atoms with E-state index in [1.807, 2.05) is 4.90 Å². The molecule has 0 bridgehead atoms. The van der Waals surface area contributed by atoms with Gasteiger partial charge in [0.1, 0.15) is 5.69 Å². The Hall–Kier alpha value is -2.58. The summed E-state index contributed by atoms with van der Waals surface area (Å²) < 4.78 is 39.4. The van der Waals surface area contributed by atoms with E-state index in [1.165, 1.54) is 17.1 Å². The van der Waals surface area contributed by atoms with Crippen LogP contribution >= 0.6 is 0 Å². The molecule has 2 aromatic heterocycles. The lowest BCUT2D eigenvalue weighted by Gasteiger charge is -2.34. The molecule has 0 saturated carbocycles. The highest BCUT2D eigenvalue weighted by Gasteiger charge is 2.34. The molecule has 3 rings (SSSR count). The summed E-state index contributed by atoms with van der Waals surface area (Å²) in [5.41, 5.74) is 5.27. The Morgan fingerprint density at radius 3 is 2.79 bits per heavy atom. The quantitative estimate of drug-likeness (QED) is 0.930. The third-order valence-electron chi connectivity index (χ3n) is 4.03. The van der Waals surface area contributed by atoms with E-state index < -0.39 is 17.8 Å². The number of amides is 1. The van der Waals surface area contributed by atoms with Crippen LogP contribution in [0.2, 0.25) is 0 Å². The number of piperidine rings is 1. The van der Waals surface area contributed by atoms with Gasteiger partial charge in [-0.05, 0) is 31.0 Å². The molecule has 1 aliphatic rings. The number of hydrogen-bond acceptors (Lipinski definition) is 4. The summed E-state index contributed by atoms with van der Waals surface area (Å²) in [7, 11) is 0. The first-order valence-electron chi connectivity index (χ1n) is 7.48. The van der Waals surface area contributed by atoms with E-state index in [0.717, 1.165) is 31.1 Å². The lowest BCUT2D eigenvalue weighted by molar-refractivity contribution is -0.141. The molecule has 1 aliphatic heterocycles. The normalized spacial score (nSPS) is 18.6. The van der Waals surface area contributed by atoms with Crippen molar-refractivity contribution in [2.75, 3.05) is 18.0 Å². The topological polar surface area (TPSA) is 77.0 Å². The Bertz CT molecular complexity index is 743. The molecule has 1 fully saturated rings. The molecule has 2 aromatic rings. The van der Waals surface area contributed by atoms with Gasteiger partial charge in [-0.25, -0.2) is 0 Å². The molecule has 6 nitrogen and oxygen atoms in total. The molecule has 0 aliphatic carbocycles. The second kappa shape index (κ2) is 6.14. The van der Waals surface area contributed by atoms with Crippen LogP contribution in [0.1, 0.15) is 35.1 Å². The fourth-order valence-electron chi connectivity index (χ4n) is 2.85. The lowest BCUT2D eigenvalue weighted by Crippen LogP contribution is -2.37. The predicted molar refractivity (Wildman–Crippen MR) is 80.5 cm³/mol. The fourth-order valence-corrected chi connectivity index (χ4v) is 2.85. The molecule has 0 unspecified atom stereocenters. The molecule has 2 N–H and O–H groups in total. The van der Waals surface area contributed by atoms with Crippen LogP contribution in [-0.4, -0.2) is 33.8 Å². The summed E-state index contributed by atoms with van der Waals surface area (Å²) in [5, 5.41) is 3.66. The summed E-state index contributed by atoms with van der Waals surface area (Å²) in [6.07, 6.45) is -0.0441. The standard InChI is InChI=1S/C15H16F3N5O/c16-15(17,18)13-4-7-23(21-13)11-2-1-6-22(9-11)10-3-5-20-12(8-10)14(19)24/h3-5,7-8,11H,1-2,6,9H2,(H2,19,24)/t11-/m1/s1. The van der Waals surface area contributed by atoms with Gasteiger partial charge < -0.3 is 10.6 Å². The minimum absolute atomic E-state index is 0.160. The first-order valence-corrected chi connectivity index (χ1v) is 7.48. The van der Waals surface area contributed by atoms with Crippen molar-refractivity contribution >= 4 is 11.6 Å². The van der Waals surface area contributed by atoms with Crippen LogP contribution in [0, 0.1) is 0 Å². The Morgan fingerprint density at radius 1 is 1.33 bits per heavy atom. The maximum Gasteiger partial charge on any atom is 0.435 e. The number of carbonyl (C=O) groups excluding carboxylic acids is 1. The van der Waals surface area contributed by atoms with Gasteiger partial charge >= 0.3 is 6.18 Å². The smallest absolute Gasteiger partial charge is 0.369 e. The molecule has 9 heteroatoms. The van der Waals surface area contributed by atoms with Crippen LogP contribution in [0.4, 0.5) is 18.9 Å². The van der Waals surface area contributed by atoms with E-state index in [0.29, 0.717) is 6.54 Å². The third-order valence-corrected chi connectivity index (χ3v) is 4.03. The largest absolute Gasteiger partial charge is 0.435 e. The van der Waals surface area contributed by atoms with Gasteiger partial charge in [-0.15, -0.1) is 0 Å². The van der Waals surface area contributed by atoms with Crippen LogP contribution in [0.3, 0.4) is 0 Å².